The summed E-state index contributed by atoms with van der Waals surface area (Å²) in [6, 6.07) is 0. The lowest BCUT2D eigenvalue weighted by Crippen LogP contribution is -2.42. The van der Waals surface area contributed by atoms with Gasteiger partial charge >= 0.3 is 11.9 Å². The fourth-order valence-corrected chi connectivity index (χ4v) is 4.26. The molecule has 0 aromatic heterocycles. The summed E-state index contributed by atoms with van der Waals surface area (Å²) in [7, 11) is 0. The van der Waals surface area contributed by atoms with Crippen LogP contribution in [0.25, 0.3) is 0 Å². The molecule has 2 saturated heterocycles. The van der Waals surface area contributed by atoms with Crippen LogP contribution in [-0.2, 0) is 23.8 Å². The van der Waals surface area contributed by atoms with Gasteiger partial charge in [0.1, 0.15) is 12.2 Å². The zero-order valence-corrected chi connectivity index (χ0v) is 15.7. The van der Waals surface area contributed by atoms with Crippen molar-refractivity contribution in [3.05, 3.63) is 0 Å². The van der Waals surface area contributed by atoms with Crippen molar-refractivity contribution in [2.24, 2.45) is 23.7 Å². The molecule has 8 atom stereocenters. The molecule has 142 valence electrons. The van der Waals surface area contributed by atoms with Crippen LogP contribution in [0.15, 0.2) is 0 Å². The average Bonchev–Trinajstić information content (AvgIpc) is 3.04. The molecule has 2 heterocycles. The van der Waals surface area contributed by atoms with E-state index in [0.29, 0.717) is 19.3 Å². The maximum absolute atomic E-state index is 12.3. The topological polar surface area (TPSA) is 85.4 Å². The summed E-state index contributed by atoms with van der Waals surface area (Å²) in [5, 5.41) is 10.4. The molecule has 3 aliphatic rings. The van der Waals surface area contributed by atoms with Crippen LogP contribution in [0.4, 0.5) is 0 Å². The van der Waals surface area contributed by atoms with Gasteiger partial charge in [0.05, 0.1) is 29.6 Å². The number of esters is 2. The average molecular weight is 354 g/mol. The van der Waals surface area contributed by atoms with Gasteiger partial charge in [-0.1, -0.05) is 27.7 Å². The number of ether oxygens (including phenoxy) is 3. The van der Waals surface area contributed by atoms with Crippen molar-refractivity contribution in [3.8, 4) is 0 Å². The standard InChI is InChI=1S/C19H30O6/c1-9(2)17(21)24-14-8-19(5)15(25-19)7-12(20)10(3)6-13-16(14)11(4)18(22)23-13/h9-16,20H,6-8H2,1-5H3/t10-,11-,12?,13+,14?,15?,16-,19?/m0/s1. The first-order valence-electron chi connectivity index (χ1n) is 9.39. The molecule has 0 radical (unpaired) electrons. The Morgan fingerprint density at radius 2 is 2.00 bits per heavy atom. The zero-order chi connectivity index (χ0) is 18.5. The van der Waals surface area contributed by atoms with Gasteiger partial charge in [-0.05, 0) is 19.3 Å². The number of aliphatic hydroxyl groups excluding tert-OH is 1. The third kappa shape index (κ3) is 3.56. The monoisotopic (exact) mass is 354 g/mol. The molecule has 0 bridgehead atoms. The predicted octanol–water partition coefficient (Wildman–Crippen LogP) is 2.07. The number of hydrogen-bond acceptors (Lipinski definition) is 6. The van der Waals surface area contributed by atoms with Gasteiger partial charge in [0.15, 0.2) is 0 Å². The third-order valence-corrected chi connectivity index (χ3v) is 6.17. The van der Waals surface area contributed by atoms with Crippen LogP contribution in [0, 0.1) is 23.7 Å². The van der Waals surface area contributed by atoms with Gasteiger partial charge in [-0.2, -0.15) is 0 Å². The van der Waals surface area contributed by atoms with Crippen LogP contribution < -0.4 is 0 Å². The summed E-state index contributed by atoms with van der Waals surface area (Å²) in [5.74, 6) is -1.30. The van der Waals surface area contributed by atoms with E-state index in [4.69, 9.17) is 14.2 Å². The largest absolute Gasteiger partial charge is 0.462 e. The first kappa shape index (κ1) is 18.6. The third-order valence-electron chi connectivity index (χ3n) is 6.17. The van der Waals surface area contributed by atoms with E-state index in [-0.39, 0.29) is 47.8 Å². The Hall–Kier alpha value is -1.14. The molecule has 0 spiro atoms. The molecule has 1 aliphatic carbocycles. The van der Waals surface area contributed by atoms with Gasteiger partial charge in [0.25, 0.3) is 0 Å². The van der Waals surface area contributed by atoms with Crippen molar-refractivity contribution in [1.82, 2.24) is 0 Å². The van der Waals surface area contributed by atoms with E-state index in [1.807, 2.05) is 20.8 Å². The molecule has 1 saturated carbocycles. The Bertz CT molecular complexity index is 546. The molecule has 0 amide bonds. The van der Waals surface area contributed by atoms with E-state index >= 15 is 0 Å². The van der Waals surface area contributed by atoms with Crippen LogP contribution in [0.5, 0.6) is 0 Å². The fraction of sp³-hybridized carbons (Fsp3) is 0.895. The highest BCUT2D eigenvalue weighted by molar-refractivity contribution is 5.75. The summed E-state index contributed by atoms with van der Waals surface area (Å²) < 4.78 is 17.3. The molecule has 3 fully saturated rings. The SMILES string of the molecule is CC(C)C(=O)OC1CC2(C)OC2CC(O)[C@@H](C)C[C@H]2OC(=O)[C@@H](C)[C@H]12. The van der Waals surface area contributed by atoms with Gasteiger partial charge < -0.3 is 19.3 Å². The molecule has 3 rings (SSSR count). The summed E-state index contributed by atoms with van der Waals surface area (Å²) in [5.41, 5.74) is -0.421. The lowest BCUT2D eigenvalue weighted by molar-refractivity contribution is -0.159. The highest BCUT2D eigenvalue weighted by Crippen LogP contribution is 2.49. The second kappa shape index (κ2) is 6.54. The Morgan fingerprint density at radius 1 is 1.32 bits per heavy atom. The number of carbonyl (C=O) groups excluding carboxylic acids is 2. The molecule has 25 heavy (non-hydrogen) atoms. The number of aliphatic hydroxyl groups is 1. The van der Waals surface area contributed by atoms with E-state index in [2.05, 4.69) is 0 Å². The smallest absolute Gasteiger partial charge is 0.309 e. The van der Waals surface area contributed by atoms with Crippen LogP contribution in [-0.4, -0.2) is 47.1 Å². The normalized spacial score (nSPS) is 46.8. The van der Waals surface area contributed by atoms with Crippen molar-refractivity contribution < 1.29 is 28.9 Å². The molecule has 6 nitrogen and oxygen atoms in total. The van der Waals surface area contributed by atoms with Crippen LogP contribution in [0.2, 0.25) is 0 Å². The first-order valence-corrected chi connectivity index (χ1v) is 9.39. The maximum Gasteiger partial charge on any atom is 0.309 e. The minimum Gasteiger partial charge on any atom is -0.462 e. The molecule has 6 heteroatoms. The molecule has 1 N–H and O–H groups in total. The van der Waals surface area contributed by atoms with Gasteiger partial charge in [-0.3, -0.25) is 9.59 Å². The predicted molar refractivity (Wildman–Crippen MR) is 89.6 cm³/mol. The zero-order valence-electron chi connectivity index (χ0n) is 15.7. The van der Waals surface area contributed by atoms with Crippen LogP contribution >= 0.6 is 0 Å². The lowest BCUT2D eigenvalue weighted by Gasteiger charge is -2.33. The van der Waals surface area contributed by atoms with Gasteiger partial charge in [0, 0.05) is 18.8 Å². The minimum atomic E-state index is -0.489. The molecular weight excluding hydrogens is 324 g/mol. The van der Waals surface area contributed by atoms with Crippen molar-refractivity contribution in [1.29, 1.82) is 0 Å². The molecule has 0 aromatic rings. The highest BCUT2D eigenvalue weighted by atomic mass is 16.6. The minimum absolute atomic E-state index is 0.0152. The second-order valence-corrected chi connectivity index (χ2v) is 8.61. The summed E-state index contributed by atoms with van der Waals surface area (Å²) in [6.45, 7) is 9.40. The fourth-order valence-electron chi connectivity index (χ4n) is 4.26. The van der Waals surface area contributed by atoms with Gasteiger partial charge in [0.2, 0.25) is 0 Å². The van der Waals surface area contributed by atoms with Gasteiger partial charge in [-0.25, -0.2) is 0 Å². The summed E-state index contributed by atoms with van der Waals surface area (Å²) in [4.78, 5) is 24.5. The maximum atomic E-state index is 12.3. The van der Waals surface area contributed by atoms with Crippen molar-refractivity contribution in [2.45, 2.75) is 83.9 Å². The molecule has 4 unspecified atom stereocenters. The number of carbonyl (C=O) groups is 2. The molecule has 2 aliphatic heterocycles. The van der Waals surface area contributed by atoms with E-state index in [9.17, 15) is 14.7 Å². The van der Waals surface area contributed by atoms with Crippen LogP contribution in [0.1, 0.15) is 53.9 Å². The van der Waals surface area contributed by atoms with Gasteiger partial charge in [-0.15, -0.1) is 0 Å². The van der Waals surface area contributed by atoms with Crippen molar-refractivity contribution in [3.63, 3.8) is 0 Å². The first-order chi connectivity index (χ1) is 11.6. The molecule has 0 aromatic carbocycles. The van der Waals surface area contributed by atoms with Crippen molar-refractivity contribution >= 4 is 11.9 Å². The number of hydrogen-bond donors (Lipinski definition) is 1. The second-order valence-electron chi connectivity index (χ2n) is 8.61. The highest BCUT2D eigenvalue weighted by Gasteiger charge is 2.59. The van der Waals surface area contributed by atoms with E-state index < -0.39 is 17.8 Å². The number of epoxide rings is 1. The van der Waals surface area contributed by atoms with E-state index in [1.54, 1.807) is 13.8 Å². The Balaban J connectivity index is 1.90. The number of fused-ring (bicyclic) bond motifs is 2. The number of rotatable bonds is 2. The molecular formula is C19H30O6. The Labute approximate surface area is 149 Å². The van der Waals surface area contributed by atoms with Crippen molar-refractivity contribution in [2.75, 3.05) is 0 Å². The van der Waals surface area contributed by atoms with E-state index in [1.165, 1.54) is 0 Å². The Morgan fingerprint density at radius 3 is 2.64 bits per heavy atom. The van der Waals surface area contributed by atoms with E-state index in [0.717, 1.165) is 0 Å². The summed E-state index contributed by atoms with van der Waals surface area (Å²) in [6.07, 6.45) is 0.380. The quantitative estimate of drug-likeness (QED) is 0.603. The lowest BCUT2D eigenvalue weighted by atomic mass is 9.77. The summed E-state index contributed by atoms with van der Waals surface area (Å²) >= 11 is 0. The van der Waals surface area contributed by atoms with Crippen LogP contribution in [0.3, 0.4) is 0 Å². The Kier molecular flexibility index (Phi) is 4.88.